The fraction of sp³-hybridized carbons (Fsp3) is 1.00. The molecule has 3 atom stereocenters. The summed E-state index contributed by atoms with van der Waals surface area (Å²) in [7, 11) is 0. The third-order valence-electron chi connectivity index (χ3n) is 5.24. The van der Waals surface area contributed by atoms with Crippen molar-refractivity contribution in [2.24, 2.45) is 16.7 Å². The summed E-state index contributed by atoms with van der Waals surface area (Å²) in [6.07, 6.45) is 4.31. The van der Waals surface area contributed by atoms with Crippen molar-refractivity contribution in [3.8, 4) is 0 Å². The second kappa shape index (κ2) is 2.73. The molecular formula is C12H23N. The molecule has 2 aliphatic carbocycles. The lowest BCUT2D eigenvalue weighted by Gasteiger charge is -2.39. The molecule has 2 fully saturated rings. The van der Waals surface area contributed by atoms with Crippen LogP contribution >= 0.6 is 0 Å². The van der Waals surface area contributed by atoms with Gasteiger partial charge in [-0.3, -0.25) is 0 Å². The zero-order chi connectivity index (χ0) is 9.69. The average molecular weight is 181 g/mol. The molecule has 0 saturated heterocycles. The molecule has 0 aromatic rings. The number of rotatable bonds is 2. The predicted molar refractivity (Wildman–Crippen MR) is 56.7 cm³/mol. The molecule has 0 heterocycles. The summed E-state index contributed by atoms with van der Waals surface area (Å²) < 4.78 is 0. The molecule has 2 rings (SSSR count). The van der Waals surface area contributed by atoms with Crippen LogP contribution in [0.25, 0.3) is 0 Å². The van der Waals surface area contributed by atoms with Crippen LogP contribution in [0.15, 0.2) is 0 Å². The highest BCUT2D eigenvalue weighted by Crippen LogP contribution is 2.65. The largest absolute Gasteiger partial charge is 0.314 e. The average Bonchev–Trinajstić information content (AvgIpc) is 2.37. The number of hydrogen-bond donors (Lipinski definition) is 1. The molecule has 0 amide bonds. The maximum Gasteiger partial charge on any atom is 0.0129 e. The van der Waals surface area contributed by atoms with E-state index in [2.05, 4.69) is 33.0 Å². The molecule has 0 radical (unpaired) electrons. The van der Waals surface area contributed by atoms with E-state index in [9.17, 15) is 0 Å². The summed E-state index contributed by atoms with van der Waals surface area (Å²) in [5.41, 5.74) is 1.13. The van der Waals surface area contributed by atoms with Crippen LogP contribution < -0.4 is 5.32 Å². The number of fused-ring (bicyclic) bond motifs is 2. The van der Waals surface area contributed by atoms with Crippen LogP contribution in [-0.4, -0.2) is 12.6 Å². The van der Waals surface area contributed by atoms with Gasteiger partial charge in [0.1, 0.15) is 0 Å². The van der Waals surface area contributed by atoms with Crippen LogP contribution in [0, 0.1) is 16.7 Å². The van der Waals surface area contributed by atoms with E-state index in [1.807, 2.05) is 0 Å². The standard InChI is InChI=1S/C12H23N/c1-5-13-10-8-9-6-7-12(10,4)11(9,2)3/h9-10,13H,5-8H2,1-4H3/t9-,10-,12+/m0/s1. The van der Waals surface area contributed by atoms with Crippen LogP contribution in [0.4, 0.5) is 0 Å². The Hall–Kier alpha value is -0.0400. The topological polar surface area (TPSA) is 12.0 Å². The van der Waals surface area contributed by atoms with Crippen molar-refractivity contribution in [2.45, 2.75) is 53.0 Å². The summed E-state index contributed by atoms with van der Waals surface area (Å²) in [5.74, 6) is 0.974. The zero-order valence-electron chi connectivity index (χ0n) is 9.48. The van der Waals surface area contributed by atoms with E-state index < -0.39 is 0 Å². The Morgan fingerprint density at radius 2 is 2.00 bits per heavy atom. The lowest BCUT2D eigenvalue weighted by atomic mass is 9.69. The fourth-order valence-electron chi connectivity index (χ4n) is 3.76. The molecule has 13 heavy (non-hydrogen) atoms. The first-order valence-electron chi connectivity index (χ1n) is 5.75. The third-order valence-corrected chi connectivity index (χ3v) is 5.24. The molecule has 0 unspecified atom stereocenters. The summed E-state index contributed by atoms with van der Waals surface area (Å²) in [6.45, 7) is 10.8. The van der Waals surface area contributed by atoms with Crippen LogP contribution in [0.1, 0.15) is 47.0 Å². The number of nitrogens with one attached hydrogen (secondary N) is 1. The summed E-state index contributed by atoms with van der Waals surface area (Å²) >= 11 is 0. The summed E-state index contributed by atoms with van der Waals surface area (Å²) in [5, 5.41) is 3.67. The molecule has 2 saturated carbocycles. The highest BCUT2D eigenvalue weighted by Gasteiger charge is 2.60. The van der Waals surface area contributed by atoms with E-state index in [-0.39, 0.29) is 0 Å². The minimum absolute atomic E-state index is 0.563. The Morgan fingerprint density at radius 3 is 2.38 bits per heavy atom. The molecule has 1 heteroatoms. The van der Waals surface area contributed by atoms with Gasteiger partial charge in [-0.25, -0.2) is 0 Å². The van der Waals surface area contributed by atoms with Crippen molar-refractivity contribution >= 4 is 0 Å². The van der Waals surface area contributed by atoms with E-state index >= 15 is 0 Å². The molecule has 0 aromatic carbocycles. The first kappa shape index (κ1) is 9.51. The summed E-state index contributed by atoms with van der Waals surface area (Å²) in [6, 6.07) is 0.784. The van der Waals surface area contributed by atoms with E-state index in [1.165, 1.54) is 19.3 Å². The minimum atomic E-state index is 0.563. The van der Waals surface area contributed by atoms with Gasteiger partial charge in [-0.2, -0.15) is 0 Å². The monoisotopic (exact) mass is 181 g/mol. The fourth-order valence-corrected chi connectivity index (χ4v) is 3.76. The zero-order valence-corrected chi connectivity index (χ0v) is 9.48. The van der Waals surface area contributed by atoms with E-state index in [1.54, 1.807) is 0 Å². The van der Waals surface area contributed by atoms with Gasteiger partial charge in [-0.1, -0.05) is 27.7 Å². The van der Waals surface area contributed by atoms with Gasteiger partial charge in [0.15, 0.2) is 0 Å². The molecular weight excluding hydrogens is 158 g/mol. The maximum atomic E-state index is 3.67. The summed E-state index contributed by atoms with van der Waals surface area (Å²) in [4.78, 5) is 0. The van der Waals surface area contributed by atoms with E-state index in [4.69, 9.17) is 0 Å². The van der Waals surface area contributed by atoms with Gasteiger partial charge in [-0.05, 0) is 42.6 Å². The smallest absolute Gasteiger partial charge is 0.0129 e. The van der Waals surface area contributed by atoms with Crippen LogP contribution in [0.2, 0.25) is 0 Å². The highest BCUT2D eigenvalue weighted by atomic mass is 15.0. The van der Waals surface area contributed by atoms with Gasteiger partial charge in [0.2, 0.25) is 0 Å². The van der Waals surface area contributed by atoms with Crippen LogP contribution in [-0.2, 0) is 0 Å². The molecule has 2 aliphatic rings. The Labute approximate surface area is 82.3 Å². The van der Waals surface area contributed by atoms with Gasteiger partial charge in [0, 0.05) is 6.04 Å². The molecule has 0 spiro atoms. The SMILES string of the molecule is CCN[C@H]1C[C@@H]2CC[C@@]1(C)C2(C)C. The first-order chi connectivity index (χ1) is 6.02. The Morgan fingerprint density at radius 1 is 1.31 bits per heavy atom. The normalized spacial score (nSPS) is 47.1. The second-order valence-corrected chi connectivity index (χ2v) is 5.72. The molecule has 1 nitrogen and oxygen atoms in total. The van der Waals surface area contributed by atoms with Crippen LogP contribution in [0.5, 0.6) is 0 Å². The molecule has 0 aliphatic heterocycles. The Balaban J connectivity index is 2.22. The van der Waals surface area contributed by atoms with Gasteiger partial charge in [0.25, 0.3) is 0 Å². The molecule has 1 N–H and O–H groups in total. The molecule has 2 bridgehead atoms. The van der Waals surface area contributed by atoms with Gasteiger partial charge in [-0.15, -0.1) is 0 Å². The Bertz CT molecular complexity index is 209. The molecule has 0 aromatic heterocycles. The van der Waals surface area contributed by atoms with Crippen molar-refractivity contribution in [1.82, 2.24) is 5.32 Å². The van der Waals surface area contributed by atoms with Gasteiger partial charge >= 0.3 is 0 Å². The van der Waals surface area contributed by atoms with Crippen molar-refractivity contribution < 1.29 is 0 Å². The third kappa shape index (κ3) is 1.03. The van der Waals surface area contributed by atoms with Gasteiger partial charge in [0.05, 0.1) is 0 Å². The lowest BCUT2D eigenvalue weighted by Crippen LogP contribution is -2.44. The second-order valence-electron chi connectivity index (χ2n) is 5.72. The molecule has 76 valence electrons. The maximum absolute atomic E-state index is 3.67. The van der Waals surface area contributed by atoms with Crippen molar-refractivity contribution in [3.05, 3.63) is 0 Å². The van der Waals surface area contributed by atoms with Crippen LogP contribution in [0.3, 0.4) is 0 Å². The lowest BCUT2D eigenvalue weighted by molar-refractivity contribution is 0.122. The Kier molecular flexibility index (Phi) is 1.99. The van der Waals surface area contributed by atoms with E-state index in [0.29, 0.717) is 10.8 Å². The number of hydrogen-bond acceptors (Lipinski definition) is 1. The minimum Gasteiger partial charge on any atom is -0.314 e. The van der Waals surface area contributed by atoms with E-state index in [0.717, 1.165) is 18.5 Å². The first-order valence-corrected chi connectivity index (χ1v) is 5.75. The van der Waals surface area contributed by atoms with Gasteiger partial charge < -0.3 is 5.32 Å². The van der Waals surface area contributed by atoms with Crippen molar-refractivity contribution in [2.75, 3.05) is 6.54 Å². The predicted octanol–water partition coefficient (Wildman–Crippen LogP) is 2.81. The highest BCUT2D eigenvalue weighted by molar-refractivity contribution is 5.12. The van der Waals surface area contributed by atoms with Crippen molar-refractivity contribution in [3.63, 3.8) is 0 Å². The van der Waals surface area contributed by atoms with Crippen molar-refractivity contribution in [1.29, 1.82) is 0 Å². The quantitative estimate of drug-likeness (QED) is 0.690.